The molecule has 1 fully saturated rings. The molecule has 0 bridgehead atoms. The van der Waals surface area contributed by atoms with Crippen molar-refractivity contribution in [2.75, 3.05) is 27.2 Å². The van der Waals surface area contributed by atoms with Gasteiger partial charge in [-0.05, 0) is 50.2 Å². The van der Waals surface area contributed by atoms with Gasteiger partial charge >= 0.3 is 0 Å². The van der Waals surface area contributed by atoms with Gasteiger partial charge in [-0.15, -0.1) is 0 Å². The Morgan fingerprint density at radius 1 is 1.21 bits per heavy atom. The van der Waals surface area contributed by atoms with Crippen molar-refractivity contribution in [3.8, 4) is 0 Å². The number of aryl methyl sites for hydroxylation is 2. The van der Waals surface area contributed by atoms with Gasteiger partial charge < -0.3 is 14.7 Å². The largest absolute Gasteiger partial charge is 0.383 e. The Labute approximate surface area is 195 Å². The summed E-state index contributed by atoms with van der Waals surface area (Å²) in [5.41, 5.74) is 2.85. The molecule has 178 valence electrons. The summed E-state index contributed by atoms with van der Waals surface area (Å²) in [6.45, 7) is 2.22. The van der Waals surface area contributed by atoms with E-state index >= 15 is 0 Å². The molecular weight excluding hydrogens is 440 g/mol. The van der Waals surface area contributed by atoms with Crippen LogP contribution in [0.15, 0.2) is 39.9 Å². The van der Waals surface area contributed by atoms with Crippen LogP contribution in [0.25, 0.3) is 6.08 Å². The van der Waals surface area contributed by atoms with Crippen molar-refractivity contribution in [3.05, 3.63) is 53.0 Å². The van der Waals surface area contributed by atoms with Crippen molar-refractivity contribution in [2.24, 2.45) is 5.92 Å². The molecule has 1 aromatic heterocycles. The lowest BCUT2D eigenvalue weighted by Gasteiger charge is -2.32. The third-order valence-corrected chi connectivity index (χ3v) is 8.52. The summed E-state index contributed by atoms with van der Waals surface area (Å²) in [4.78, 5) is 14.9. The number of amides is 1. The highest BCUT2D eigenvalue weighted by atomic mass is 32.2. The Hall–Kier alpha value is -2.65. The van der Waals surface area contributed by atoms with Gasteiger partial charge in [-0.2, -0.15) is 4.31 Å². The summed E-state index contributed by atoms with van der Waals surface area (Å²) in [5, 5.41) is 7.09. The van der Waals surface area contributed by atoms with E-state index in [1.807, 2.05) is 26.2 Å². The third-order valence-electron chi connectivity index (χ3n) is 6.47. The SMILES string of the molecule is Cc1noc(/C=C/N(C)C)c1S(=O)(=O)N1CCC(C(=O)NC2CCCc3ccccc32)CC1. The quantitative estimate of drug-likeness (QED) is 0.694. The molecule has 9 heteroatoms. The lowest BCUT2D eigenvalue weighted by molar-refractivity contribution is -0.127. The lowest BCUT2D eigenvalue weighted by atomic mass is 9.87. The maximum Gasteiger partial charge on any atom is 0.248 e. The van der Waals surface area contributed by atoms with E-state index in [0.717, 1.165) is 19.3 Å². The Bertz CT molecular complexity index is 1130. The molecule has 1 saturated heterocycles. The molecule has 0 spiro atoms. The minimum absolute atomic E-state index is 0.0181. The highest BCUT2D eigenvalue weighted by Crippen LogP contribution is 2.32. The zero-order valence-corrected chi connectivity index (χ0v) is 20.3. The fourth-order valence-electron chi connectivity index (χ4n) is 4.70. The van der Waals surface area contributed by atoms with E-state index in [2.05, 4.69) is 22.6 Å². The van der Waals surface area contributed by atoms with Crippen molar-refractivity contribution in [2.45, 2.75) is 50.0 Å². The highest BCUT2D eigenvalue weighted by molar-refractivity contribution is 7.89. The molecule has 1 amide bonds. The molecule has 0 radical (unpaired) electrons. The van der Waals surface area contributed by atoms with Gasteiger partial charge in [-0.1, -0.05) is 29.4 Å². The van der Waals surface area contributed by atoms with Crippen LogP contribution < -0.4 is 5.32 Å². The summed E-state index contributed by atoms with van der Waals surface area (Å²) in [6, 6.07) is 8.32. The number of carbonyl (C=O) groups excluding carboxylic acids is 1. The van der Waals surface area contributed by atoms with Crippen LogP contribution in [-0.4, -0.2) is 55.9 Å². The fourth-order valence-corrected chi connectivity index (χ4v) is 6.42. The number of hydrogen-bond donors (Lipinski definition) is 1. The molecule has 2 aliphatic rings. The summed E-state index contributed by atoms with van der Waals surface area (Å²) in [5.74, 6) is 0.0452. The zero-order chi connectivity index (χ0) is 23.6. The number of carbonyl (C=O) groups is 1. The third kappa shape index (κ3) is 4.99. The summed E-state index contributed by atoms with van der Waals surface area (Å²) < 4.78 is 33.4. The van der Waals surface area contributed by atoms with Gasteiger partial charge in [0.15, 0.2) is 10.7 Å². The average molecular weight is 473 g/mol. The van der Waals surface area contributed by atoms with Gasteiger partial charge in [0, 0.05) is 45.4 Å². The molecule has 0 saturated carbocycles. The number of sulfonamides is 1. The number of benzene rings is 1. The maximum absolute atomic E-state index is 13.3. The van der Waals surface area contributed by atoms with Gasteiger partial charge in [0.1, 0.15) is 5.69 Å². The summed E-state index contributed by atoms with van der Waals surface area (Å²) >= 11 is 0. The van der Waals surface area contributed by atoms with Crippen LogP contribution in [0.3, 0.4) is 0 Å². The second-order valence-corrected chi connectivity index (χ2v) is 10.9. The smallest absolute Gasteiger partial charge is 0.248 e. The van der Waals surface area contributed by atoms with Crippen molar-refractivity contribution in [1.29, 1.82) is 0 Å². The number of aromatic nitrogens is 1. The monoisotopic (exact) mass is 472 g/mol. The minimum atomic E-state index is -3.77. The van der Waals surface area contributed by atoms with Gasteiger partial charge in [0.05, 0.1) is 6.04 Å². The van der Waals surface area contributed by atoms with E-state index in [1.54, 1.807) is 24.1 Å². The van der Waals surface area contributed by atoms with Crippen LogP contribution in [0, 0.1) is 12.8 Å². The van der Waals surface area contributed by atoms with E-state index in [-0.39, 0.29) is 28.5 Å². The predicted octanol–water partition coefficient (Wildman–Crippen LogP) is 3.11. The number of rotatable bonds is 6. The summed E-state index contributed by atoms with van der Waals surface area (Å²) in [6.07, 6.45) is 7.35. The highest BCUT2D eigenvalue weighted by Gasteiger charge is 2.36. The number of nitrogens with zero attached hydrogens (tertiary/aromatic N) is 3. The van der Waals surface area contributed by atoms with Crippen LogP contribution >= 0.6 is 0 Å². The normalized spacial score (nSPS) is 20.0. The molecule has 8 nitrogen and oxygen atoms in total. The lowest BCUT2D eigenvalue weighted by Crippen LogP contribution is -2.44. The average Bonchev–Trinajstić information content (AvgIpc) is 3.19. The van der Waals surface area contributed by atoms with Crippen LogP contribution in [-0.2, 0) is 21.2 Å². The maximum atomic E-state index is 13.3. The fraction of sp³-hybridized carbons (Fsp3) is 0.500. The van der Waals surface area contributed by atoms with Gasteiger partial charge in [-0.25, -0.2) is 8.42 Å². The Morgan fingerprint density at radius 3 is 2.67 bits per heavy atom. The molecular formula is C24H32N4O4S. The van der Waals surface area contributed by atoms with Crippen molar-refractivity contribution < 1.29 is 17.7 Å². The Morgan fingerprint density at radius 2 is 1.94 bits per heavy atom. The van der Waals surface area contributed by atoms with Gasteiger partial charge in [-0.3, -0.25) is 4.79 Å². The Kier molecular flexibility index (Phi) is 6.90. The first-order chi connectivity index (χ1) is 15.8. The van der Waals surface area contributed by atoms with Crippen LogP contribution in [0.4, 0.5) is 0 Å². The van der Waals surface area contributed by atoms with E-state index < -0.39 is 10.0 Å². The van der Waals surface area contributed by atoms with E-state index in [0.29, 0.717) is 31.6 Å². The van der Waals surface area contributed by atoms with Crippen molar-refractivity contribution in [3.63, 3.8) is 0 Å². The molecule has 4 rings (SSSR count). The standard InChI is InChI=1S/C24H32N4O4S/c1-17-23(22(32-26-17)13-14-27(2)3)33(30,31)28-15-11-19(12-16-28)24(29)25-21-10-6-8-18-7-4-5-9-20(18)21/h4-5,7,9,13-14,19,21H,6,8,10-12,15-16H2,1-3H3,(H,25,29)/b14-13+. The van der Waals surface area contributed by atoms with Crippen molar-refractivity contribution >= 4 is 22.0 Å². The molecule has 1 unspecified atom stereocenters. The number of piperidine rings is 1. The van der Waals surface area contributed by atoms with E-state index in [9.17, 15) is 13.2 Å². The van der Waals surface area contributed by atoms with E-state index in [1.165, 1.54) is 15.4 Å². The predicted molar refractivity (Wildman–Crippen MR) is 126 cm³/mol. The molecule has 1 atom stereocenters. The first-order valence-electron chi connectivity index (χ1n) is 11.5. The van der Waals surface area contributed by atoms with Crippen LogP contribution in [0.5, 0.6) is 0 Å². The molecule has 1 aliphatic carbocycles. The minimum Gasteiger partial charge on any atom is -0.383 e. The van der Waals surface area contributed by atoms with E-state index in [4.69, 9.17) is 4.52 Å². The molecule has 2 aromatic rings. The van der Waals surface area contributed by atoms with Crippen molar-refractivity contribution in [1.82, 2.24) is 19.7 Å². The van der Waals surface area contributed by atoms with Crippen LogP contribution in [0.2, 0.25) is 0 Å². The second-order valence-electron chi connectivity index (χ2n) is 9.07. The molecule has 1 N–H and O–H groups in total. The van der Waals surface area contributed by atoms with Crippen LogP contribution in [0.1, 0.15) is 54.3 Å². The topological polar surface area (TPSA) is 95.8 Å². The number of hydrogen-bond acceptors (Lipinski definition) is 6. The molecule has 33 heavy (non-hydrogen) atoms. The second kappa shape index (κ2) is 9.69. The molecule has 1 aromatic carbocycles. The zero-order valence-electron chi connectivity index (χ0n) is 19.5. The first-order valence-corrected chi connectivity index (χ1v) is 12.9. The number of nitrogens with one attached hydrogen (secondary N) is 1. The van der Waals surface area contributed by atoms with Gasteiger partial charge in [0.25, 0.3) is 0 Å². The Balaban J connectivity index is 1.41. The van der Waals surface area contributed by atoms with Gasteiger partial charge in [0.2, 0.25) is 15.9 Å². The first kappa shape index (κ1) is 23.5. The molecule has 2 heterocycles. The summed E-state index contributed by atoms with van der Waals surface area (Å²) in [7, 11) is -0.0828. The molecule has 1 aliphatic heterocycles. The number of fused-ring (bicyclic) bond motifs is 1.